The topological polar surface area (TPSA) is 68.7 Å². The lowest BCUT2D eigenvalue weighted by Gasteiger charge is -2.15. The first-order valence-electron chi connectivity index (χ1n) is 11.7. The number of methoxy groups -OCH3 is 1. The summed E-state index contributed by atoms with van der Waals surface area (Å²) in [7, 11) is 1.37. The molecule has 1 unspecified atom stereocenters. The molecule has 0 saturated carbocycles. The molecule has 0 aliphatic rings. The van der Waals surface area contributed by atoms with Crippen molar-refractivity contribution in [1.29, 1.82) is 0 Å². The second-order valence-corrected chi connectivity index (χ2v) is 8.70. The maximum absolute atomic E-state index is 12.8. The Morgan fingerprint density at radius 1 is 1.03 bits per heavy atom. The molecule has 4 rings (SSSR count). The Hall–Kier alpha value is -3.91. The van der Waals surface area contributed by atoms with Gasteiger partial charge in [-0.3, -0.25) is 4.98 Å². The summed E-state index contributed by atoms with van der Waals surface area (Å²) < 4.78 is 49.7. The van der Waals surface area contributed by atoms with Crippen molar-refractivity contribution in [3.63, 3.8) is 0 Å². The molecular weight excluding hydrogens is 483 g/mol. The van der Waals surface area contributed by atoms with Crippen molar-refractivity contribution in [2.24, 2.45) is 0 Å². The lowest BCUT2D eigenvalue weighted by Crippen LogP contribution is -2.24. The van der Waals surface area contributed by atoms with Crippen LogP contribution in [0.3, 0.4) is 0 Å². The minimum Gasteiger partial charge on any atom is -0.493 e. The van der Waals surface area contributed by atoms with Gasteiger partial charge in [-0.1, -0.05) is 48.5 Å². The molecule has 5 nitrogen and oxygen atoms in total. The maximum atomic E-state index is 12.8. The molecule has 0 bridgehead atoms. The number of benzene rings is 3. The van der Waals surface area contributed by atoms with Crippen LogP contribution in [0.5, 0.6) is 5.75 Å². The molecule has 0 radical (unpaired) electrons. The molecular formula is C29H26F3NO4. The fraction of sp³-hybridized carbons (Fsp3) is 0.241. The molecule has 1 atom stereocenters. The number of hydrogen-bond acceptors (Lipinski definition) is 4. The number of halogens is 3. The van der Waals surface area contributed by atoms with E-state index in [-0.39, 0.29) is 6.42 Å². The normalized spacial score (nSPS) is 12.5. The Labute approximate surface area is 212 Å². The average Bonchev–Trinajstić information content (AvgIpc) is 2.87. The van der Waals surface area contributed by atoms with Gasteiger partial charge in [-0.15, -0.1) is 0 Å². The minimum atomic E-state index is -4.38. The van der Waals surface area contributed by atoms with E-state index < -0.39 is 23.8 Å². The van der Waals surface area contributed by atoms with Gasteiger partial charge in [0.15, 0.2) is 6.10 Å². The number of aliphatic carboxylic acids is 1. The summed E-state index contributed by atoms with van der Waals surface area (Å²) in [6.45, 7) is 2.22. The number of carboxylic acid groups (broad SMARTS) is 1. The molecule has 3 aromatic carbocycles. The predicted molar refractivity (Wildman–Crippen MR) is 135 cm³/mol. The van der Waals surface area contributed by atoms with E-state index in [1.165, 1.54) is 19.2 Å². The zero-order valence-electron chi connectivity index (χ0n) is 20.4. The van der Waals surface area contributed by atoms with E-state index in [4.69, 9.17) is 9.47 Å². The molecule has 1 heterocycles. The van der Waals surface area contributed by atoms with Gasteiger partial charge >= 0.3 is 12.1 Å². The zero-order valence-corrected chi connectivity index (χ0v) is 20.4. The van der Waals surface area contributed by atoms with Crippen LogP contribution in [0.4, 0.5) is 13.2 Å². The van der Waals surface area contributed by atoms with Gasteiger partial charge < -0.3 is 14.6 Å². The Kier molecular flexibility index (Phi) is 7.78. The van der Waals surface area contributed by atoms with Crippen molar-refractivity contribution in [3.8, 4) is 17.0 Å². The van der Waals surface area contributed by atoms with Gasteiger partial charge in [-0.05, 0) is 47.7 Å². The number of carbonyl (C=O) groups is 1. The van der Waals surface area contributed by atoms with Gasteiger partial charge in [0.05, 0.1) is 17.9 Å². The molecule has 4 aromatic rings. The van der Waals surface area contributed by atoms with E-state index in [0.717, 1.165) is 39.7 Å². The maximum Gasteiger partial charge on any atom is 0.416 e. The predicted octanol–water partition coefficient (Wildman–Crippen LogP) is 6.49. The van der Waals surface area contributed by atoms with Crippen molar-refractivity contribution in [1.82, 2.24) is 4.98 Å². The lowest BCUT2D eigenvalue weighted by molar-refractivity contribution is -0.148. The molecule has 0 aliphatic heterocycles. The molecule has 0 fully saturated rings. The first-order valence-corrected chi connectivity index (χ1v) is 11.7. The number of pyridine rings is 1. The van der Waals surface area contributed by atoms with Gasteiger partial charge in [0.1, 0.15) is 5.75 Å². The molecule has 192 valence electrons. The number of alkyl halides is 3. The van der Waals surface area contributed by atoms with Crippen LogP contribution < -0.4 is 4.74 Å². The summed E-state index contributed by atoms with van der Waals surface area (Å²) in [5, 5.41) is 11.2. The van der Waals surface area contributed by atoms with Crippen LogP contribution in [0, 0.1) is 6.92 Å². The van der Waals surface area contributed by atoms with Crippen LogP contribution in [0.25, 0.3) is 22.0 Å². The minimum absolute atomic E-state index is 0.210. The van der Waals surface area contributed by atoms with E-state index in [0.29, 0.717) is 30.0 Å². The largest absolute Gasteiger partial charge is 0.493 e. The van der Waals surface area contributed by atoms with Crippen LogP contribution in [-0.2, 0) is 28.5 Å². The number of aromatic nitrogens is 1. The number of hydrogen-bond donors (Lipinski definition) is 1. The van der Waals surface area contributed by atoms with Crippen LogP contribution in [0.1, 0.15) is 22.4 Å². The van der Waals surface area contributed by atoms with Gasteiger partial charge in [-0.2, -0.15) is 13.2 Å². The number of rotatable bonds is 9. The highest BCUT2D eigenvalue weighted by Crippen LogP contribution is 2.31. The van der Waals surface area contributed by atoms with Gasteiger partial charge in [-0.25, -0.2) is 4.79 Å². The second kappa shape index (κ2) is 11.0. The molecule has 0 aliphatic carbocycles. The SMILES string of the molecule is COC(Cc1cc(OCCc2ccc(-c3ccc(C(F)(F)F)cc3)nc2C)c2ccccc2c1)C(=O)O. The van der Waals surface area contributed by atoms with Crippen LogP contribution >= 0.6 is 0 Å². The number of aryl methyl sites for hydroxylation is 1. The van der Waals surface area contributed by atoms with Crippen molar-refractivity contribution >= 4 is 16.7 Å². The first kappa shape index (κ1) is 26.2. The fourth-order valence-electron chi connectivity index (χ4n) is 4.17. The van der Waals surface area contributed by atoms with Gasteiger partial charge in [0.2, 0.25) is 0 Å². The fourth-order valence-corrected chi connectivity index (χ4v) is 4.17. The third kappa shape index (κ3) is 6.27. The van der Waals surface area contributed by atoms with Crippen molar-refractivity contribution < 1.29 is 32.5 Å². The summed E-state index contributed by atoms with van der Waals surface area (Å²) in [6, 6.07) is 20.1. The second-order valence-electron chi connectivity index (χ2n) is 8.70. The van der Waals surface area contributed by atoms with E-state index in [9.17, 15) is 23.1 Å². The number of fused-ring (bicyclic) bond motifs is 1. The molecule has 8 heteroatoms. The zero-order chi connectivity index (χ0) is 26.6. The summed E-state index contributed by atoms with van der Waals surface area (Å²) in [5.74, 6) is -0.374. The van der Waals surface area contributed by atoms with E-state index in [1.54, 1.807) is 6.07 Å². The summed E-state index contributed by atoms with van der Waals surface area (Å²) in [5.41, 5.74) is 3.03. The summed E-state index contributed by atoms with van der Waals surface area (Å²) in [6.07, 6.45) is -4.55. The quantitative estimate of drug-likeness (QED) is 0.279. The Balaban J connectivity index is 1.48. The Morgan fingerprint density at radius 2 is 1.76 bits per heavy atom. The summed E-state index contributed by atoms with van der Waals surface area (Å²) in [4.78, 5) is 16.0. The van der Waals surface area contributed by atoms with E-state index in [1.807, 2.05) is 49.4 Å². The molecule has 0 amide bonds. The third-order valence-corrected chi connectivity index (χ3v) is 6.20. The number of ether oxygens (including phenoxy) is 2. The molecule has 37 heavy (non-hydrogen) atoms. The smallest absolute Gasteiger partial charge is 0.416 e. The van der Waals surface area contributed by atoms with Crippen molar-refractivity contribution in [3.05, 3.63) is 95.2 Å². The van der Waals surface area contributed by atoms with Gasteiger partial charge in [0, 0.05) is 36.6 Å². The lowest BCUT2D eigenvalue weighted by atomic mass is 10.0. The highest BCUT2D eigenvalue weighted by Gasteiger charge is 2.30. The first-order chi connectivity index (χ1) is 17.7. The number of nitrogens with zero attached hydrogens (tertiary/aromatic N) is 1. The highest BCUT2D eigenvalue weighted by atomic mass is 19.4. The molecule has 0 spiro atoms. The molecule has 1 N–H and O–H groups in total. The number of carboxylic acids is 1. The monoisotopic (exact) mass is 509 g/mol. The van der Waals surface area contributed by atoms with Gasteiger partial charge in [0.25, 0.3) is 0 Å². The Morgan fingerprint density at radius 3 is 2.41 bits per heavy atom. The van der Waals surface area contributed by atoms with E-state index >= 15 is 0 Å². The highest BCUT2D eigenvalue weighted by molar-refractivity contribution is 5.89. The third-order valence-electron chi connectivity index (χ3n) is 6.20. The molecule has 1 aromatic heterocycles. The Bertz CT molecular complexity index is 1400. The average molecular weight is 510 g/mol. The standard InChI is InChI=1S/C29H26F3NO4/c1-18-20(9-12-25(33-18)21-7-10-23(11-8-21)29(30,31)32)13-14-37-26-16-19(17-27(36-2)28(34)35)15-22-5-3-4-6-24(22)26/h3-12,15-16,27H,13-14,17H2,1-2H3,(H,34,35). The van der Waals surface area contributed by atoms with Crippen LogP contribution in [0.2, 0.25) is 0 Å². The summed E-state index contributed by atoms with van der Waals surface area (Å²) >= 11 is 0. The van der Waals surface area contributed by atoms with E-state index in [2.05, 4.69) is 4.98 Å². The van der Waals surface area contributed by atoms with Crippen molar-refractivity contribution in [2.45, 2.75) is 32.0 Å². The molecule has 0 saturated heterocycles. The van der Waals surface area contributed by atoms with Crippen LogP contribution in [-0.4, -0.2) is 35.9 Å². The van der Waals surface area contributed by atoms with Crippen molar-refractivity contribution in [2.75, 3.05) is 13.7 Å². The van der Waals surface area contributed by atoms with Crippen LogP contribution in [0.15, 0.2) is 72.8 Å².